The van der Waals surface area contributed by atoms with Crippen LogP contribution in [0, 0.1) is 20.8 Å². The van der Waals surface area contributed by atoms with Crippen LogP contribution in [-0.2, 0) is 16.1 Å². The molecule has 0 heterocycles. The zero-order valence-corrected chi connectivity index (χ0v) is 17.2. The smallest absolute Gasteiger partial charge is 0.224 e. The van der Waals surface area contributed by atoms with E-state index in [0.29, 0.717) is 19.7 Å². The quantitative estimate of drug-likeness (QED) is 0.722. The lowest BCUT2D eigenvalue weighted by Gasteiger charge is -2.17. The Kier molecular flexibility index (Phi) is 8.05. The average Bonchev–Trinajstić information content (AvgIpc) is 2.66. The maximum Gasteiger partial charge on any atom is 0.224 e. The molecule has 5 heteroatoms. The summed E-state index contributed by atoms with van der Waals surface area (Å²) >= 11 is 0. The van der Waals surface area contributed by atoms with Gasteiger partial charge in [-0.05, 0) is 49.1 Å². The second-order valence-corrected chi connectivity index (χ2v) is 7.14. The highest BCUT2D eigenvalue weighted by molar-refractivity contribution is 5.79. The molecule has 0 spiro atoms. The third-order valence-corrected chi connectivity index (χ3v) is 4.70. The van der Waals surface area contributed by atoms with Gasteiger partial charge in [-0.25, -0.2) is 0 Å². The van der Waals surface area contributed by atoms with E-state index in [0.717, 1.165) is 22.4 Å². The molecule has 0 saturated carbocycles. The number of hydrogen-bond donors (Lipinski definition) is 1. The van der Waals surface area contributed by atoms with Gasteiger partial charge in [0.2, 0.25) is 11.8 Å². The van der Waals surface area contributed by atoms with E-state index in [1.165, 1.54) is 5.56 Å². The van der Waals surface area contributed by atoms with Crippen molar-refractivity contribution in [1.82, 2.24) is 10.2 Å². The Labute approximate surface area is 167 Å². The summed E-state index contributed by atoms with van der Waals surface area (Å²) in [6.45, 7) is 7.31. The summed E-state index contributed by atoms with van der Waals surface area (Å²) in [5.74, 6) is 0.717. The minimum Gasteiger partial charge on any atom is -0.493 e. The fraction of sp³-hybridized carbons (Fsp3) is 0.391. The maximum absolute atomic E-state index is 12.2. The molecule has 0 unspecified atom stereocenters. The second-order valence-electron chi connectivity index (χ2n) is 7.14. The molecule has 0 aliphatic carbocycles. The molecule has 150 valence electrons. The lowest BCUT2D eigenvalue weighted by atomic mass is 10.1. The number of carbonyl (C=O) groups is 2. The number of ether oxygens (including phenoxy) is 1. The Hall–Kier alpha value is -2.82. The van der Waals surface area contributed by atoms with Crippen LogP contribution in [0.1, 0.15) is 35.1 Å². The van der Waals surface area contributed by atoms with Crippen LogP contribution in [0.15, 0.2) is 42.5 Å². The summed E-state index contributed by atoms with van der Waals surface area (Å²) in [6.07, 6.45) is 0.548. The van der Waals surface area contributed by atoms with E-state index in [-0.39, 0.29) is 24.7 Å². The number of hydrogen-bond acceptors (Lipinski definition) is 3. The SMILES string of the molecule is Cc1cc(C)c(C)c(OCCC(=O)NCCC(=O)N(C)Cc2ccccc2)c1. The van der Waals surface area contributed by atoms with Crippen LogP contribution in [0.2, 0.25) is 0 Å². The molecule has 1 N–H and O–H groups in total. The zero-order valence-electron chi connectivity index (χ0n) is 17.2. The number of nitrogens with zero attached hydrogens (tertiary/aromatic N) is 1. The molecule has 0 aliphatic rings. The average molecular weight is 383 g/mol. The predicted molar refractivity (Wildman–Crippen MR) is 111 cm³/mol. The highest BCUT2D eigenvalue weighted by Gasteiger charge is 2.10. The Morgan fingerprint density at radius 2 is 1.75 bits per heavy atom. The topological polar surface area (TPSA) is 58.6 Å². The van der Waals surface area contributed by atoms with E-state index in [2.05, 4.69) is 11.4 Å². The molecule has 2 amide bonds. The Morgan fingerprint density at radius 3 is 2.46 bits per heavy atom. The Bertz CT molecular complexity index is 803. The molecule has 28 heavy (non-hydrogen) atoms. The molecule has 0 atom stereocenters. The number of carbonyl (C=O) groups excluding carboxylic acids is 2. The van der Waals surface area contributed by atoms with Crippen LogP contribution in [0.25, 0.3) is 0 Å². The van der Waals surface area contributed by atoms with Crippen molar-refractivity contribution < 1.29 is 14.3 Å². The van der Waals surface area contributed by atoms with E-state index in [1.807, 2.05) is 57.2 Å². The first-order valence-corrected chi connectivity index (χ1v) is 9.62. The Balaban J connectivity index is 1.66. The fourth-order valence-corrected chi connectivity index (χ4v) is 2.94. The van der Waals surface area contributed by atoms with Gasteiger partial charge in [0.05, 0.1) is 13.0 Å². The van der Waals surface area contributed by atoms with E-state index in [1.54, 1.807) is 11.9 Å². The summed E-state index contributed by atoms with van der Waals surface area (Å²) in [6, 6.07) is 13.9. The fourth-order valence-electron chi connectivity index (χ4n) is 2.94. The molecule has 0 aromatic heterocycles. The molecule has 5 nitrogen and oxygen atoms in total. The predicted octanol–water partition coefficient (Wildman–Crippen LogP) is 3.55. The molecule has 0 aliphatic heterocycles. The molecule has 0 radical (unpaired) electrons. The normalized spacial score (nSPS) is 10.4. The molecular weight excluding hydrogens is 352 g/mol. The first-order chi connectivity index (χ1) is 13.4. The third kappa shape index (κ3) is 6.72. The lowest BCUT2D eigenvalue weighted by Crippen LogP contribution is -2.32. The van der Waals surface area contributed by atoms with Gasteiger partial charge < -0.3 is 15.0 Å². The number of benzene rings is 2. The van der Waals surface area contributed by atoms with E-state index in [9.17, 15) is 9.59 Å². The molecular formula is C23H30N2O3. The van der Waals surface area contributed by atoms with Crippen LogP contribution < -0.4 is 10.1 Å². The van der Waals surface area contributed by atoms with E-state index in [4.69, 9.17) is 4.74 Å². The van der Waals surface area contributed by atoms with Crippen molar-refractivity contribution in [3.05, 3.63) is 64.7 Å². The van der Waals surface area contributed by atoms with Crippen molar-refractivity contribution in [3.8, 4) is 5.75 Å². The second kappa shape index (κ2) is 10.5. The molecule has 0 saturated heterocycles. The van der Waals surface area contributed by atoms with Gasteiger partial charge in [0.1, 0.15) is 5.75 Å². The number of nitrogens with one attached hydrogen (secondary N) is 1. The van der Waals surface area contributed by atoms with Crippen molar-refractivity contribution in [3.63, 3.8) is 0 Å². The van der Waals surface area contributed by atoms with Crippen LogP contribution in [0.5, 0.6) is 5.75 Å². The summed E-state index contributed by atoms with van der Waals surface area (Å²) in [7, 11) is 1.77. The molecule has 0 fully saturated rings. The zero-order chi connectivity index (χ0) is 20.5. The minimum absolute atomic E-state index is 0.00580. The van der Waals surface area contributed by atoms with Gasteiger partial charge in [0, 0.05) is 26.6 Å². The van der Waals surface area contributed by atoms with Gasteiger partial charge in [-0.3, -0.25) is 9.59 Å². The first kappa shape index (κ1) is 21.5. The van der Waals surface area contributed by atoms with E-state index < -0.39 is 0 Å². The van der Waals surface area contributed by atoms with E-state index >= 15 is 0 Å². The minimum atomic E-state index is -0.111. The number of amides is 2. The third-order valence-electron chi connectivity index (χ3n) is 4.70. The molecule has 2 aromatic rings. The van der Waals surface area contributed by atoms with Gasteiger partial charge in [-0.15, -0.1) is 0 Å². The van der Waals surface area contributed by atoms with Gasteiger partial charge >= 0.3 is 0 Å². The summed E-state index contributed by atoms with van der Waals surface area (Å²) in [4.78, 5) is 25.8. The van der Waals surface area contributed by atoms with Crippen LogP contribution >= 0.6 is 0 Å². The van der Waals surface area contributed by atoms with Crippen molar-refractivity contribution in [2.24, 2.45) is 0 Å². The van der Waals surface area contributed by atoms with Gasteiger partial charge in [-0.2, -0.15) is 0 Å². The highest BCUT2D eigenvalue weighted by Crippen LogP contribution is 2.23. The molecule has 2 aromatic carbocycles. The summed E-state index contributed by atoms with van der Waals surface area (Å²) in [5, 5.41) is 2.79. The molecule has 2 rings (SSSR count). The van der Waals surface area contributed by atoms with Crippen molar-refractivity contribution in [1.29, 1.82) is 0 Å². The van der Waals surface area contributed by atoms with Gasteiger partial charge in [0.25, 0.3) is 0 Å². The molecule has 0 bridgehead atoms. The van der Waals surface area contributed by atoms with Crippen LogP contribution in [0.3, 0.4) is 0 Å². The first-order valence-electron chi connectivity index (χ1n) is 9.62. The van der Waals surface area contributed by atoms with Crippen LogP contribution in [0.4, 0.5) is 0 Å². The van der Waals surface area contributed by atoms with Crippen molar-refractivity contribution in [2.75, 3.05) is 20.2 Å². The standard InChI is InChI=1S/C23H30N2O3/c1-17-14-18(2)19(3)21(15-17)28-13-11-22(26)24-12-10-23(27)25(4)16-20-8-6-5-7-9-20/h5-9,14-15H,10-13,16H2,1-4H3,(H,24,26). The Morgan fingerprint density at radius 1 is 1.04 bits per heavy atom. The van der Waals surface area contributed by atoms with Crippen LogP contribution in [-0.4, -0.2) is 36.9 Å². The highest BCUT2D eigenvalue weighted by atomic mass is 16.5. The summed E-state index contributed by atoms with van der Waals surface area (Å²) in [5.41, 5.74) is 4.50. The monoisotopic (exact) mass is 382 g/mol. The van der Waals surface area contributed by atoms with Crippen molar-refractivity contribution in [2.45, 2.75) is 40.2 Å². The lowest BCUT2D eigenvalue weighted by molar-refractivity contribution is -0.130. The van der Waals surface area contributed by atoms with Gasteiger partial charge in [0.15, 0.2) is 0 Å². The number of aryl methyl sites for hydroxylation is 2. The largest absolute Gasteiger partial charge is 0.493 e. The maximum atomic E-state index is 12.2. The summed E-state index contributed by atoms with van der Waals surface area (Å²) < 4.78 is 5.77. The van der Waals surface area contributed by atoms with Gasteiger partial charge in [-0.1, -0.05) is 36.4 Å². The van der Waals surface area contributed by atoms with Crippen molar-refractivity contribution >= 4 is 11.8 Å². The number of rotatable bonds is 9.